The Morgan fingerprint density at radius 3 is 2.09 bits per heavy atom. The molecule has 5 rings (SSSR count). The Bertz CT molecular complexity index is 1880. The molecule has 0 heterocycles. The van der Waals surface area contributed by atoms with Gasteiger partial charge in [-0.05, 0) is 90.2 Å². The molecule has 0 aliphatic rings. The summed E-state index contributed by atoms with van der Waals surface area (Å²) in [7, 11) is 0. The van der Waals surface area contributed by atoms with Gasteiger partial charge >= 0.3 is 0 Å². The summed E-state index contributed by atoms with van der Waals surface area (Å²) in [5, 5.41) is 8.86. The third-order valence-corrected chi connectivity index (χ3v) is 8.92. The minimum Gasteiger partial charge on any atom is -0.324 e. The summed E-state index contributed by atoms with van der Waals surface area (Å²) in [6.07, 6.45) is 2.40. The fraction of sp³-hybridized carbons (Fsp3) is 0.103. The van der Waals surface area contributed by atoms with Crippen LogP contribution in [0, 0.1) is 6.92 Å². The lowest BCUT2D eigenvalue weighted by atomic mass is 10.1. The van der Waals surface area contributed by atoms with Crippen molar-refractivity contribution < 1.29 is 14.4 Å². The largest absolute Gasteiger partial charge is 0.324 e. The summed E-state index contributed by atoms with van der Waals surface area (Å²) in [6, 6.07) is 38.6. The van der Waals surface area contributed by atoms with Crippen molar-refractivity contribution >= 4 is 58.5 Å². The van der Waals surface area contributed by atoms with Crippen LogP contribution in [0.3, 0.4) is 0 Å². The second-order valence-electron chi connectivity index (χ2n) is 10.8. The maximum atomic E-state index is 13.7. The van der Waals surface area contributed by atoms with Crippen LogP contribution in [-0.4, -0.2) is 17.7 Å². The molecule has 0 aromatic heterocycles. The average molecular weight is 660 g/mol. The van der Waals surface area contributed by atoms with Gasteiger partial charge in [0.05, 0.1) is 0 Å². The number of carbonyl (C=O) groups excluding carboxylic acids is 3. The van der Waals surface area contributed by atoms with Crippen molar-refractivity contribution in [1.82, 2.24) is 5.32 Å². The van der Waals surface area contributed by atoms with Crippen molar-refractivity contribution in [3.05, 3.63) is 166 Å². The molecule has 5 aromatic rings. The topological polar surface area (TPSA) is 87.3 Å². The highest BCUT2D eigenvalue weighted by molar-refractivity contribution is 8.00. The maximum Gasteiger partial charge on any atom is 0.272 e. The molecule has 1 atom stereocenters. The Hall–Kier alpha value is -5.11. The third-order valence-electron chi connectivity index (χ3n) is 7.40. The fourth-order valence-electron chi connectivity index (χ4n) is 4.91. The zero-order valence-corrected chi connectivity index (χ0v) is 27.6. The van der Waals surface area contributed by atoms with E-state index in [2.05, 4.69) is 22.9 Å². The summed E-state index contributed by atoms with van der Waals surface area (Å²) in [5.41, 5.74) is 5.55. The minimum atomic E-state index is -0.511. The van der Waals surface area contributed by atoms with E-state index in [1.807, 2.05) is 73.7 Å². The van der Waals surface area contributed by atoms with Crippen molar-refractivity contribution in [2.24, 2.45) is 0 Å². The Labute approximate surface area is 284 Å². The van der Waals surface area contributed by atoms with Gasteiger partial charge in [0.1, 0.15) is 10.9 Å². The maximum absolute atomic E-state index is 13.7. The molecule has 0 aliphatic heterocycles. The number of anilines is 2. The quantitative estimate of drug-likeness (QED) is 0.0975. The van der Waals surface area contributed by atoms with E-state index in [0.29, 0.717) is 21.8 Å². The van der Waals surface area contributed by atoms with Crippen molar-refractivity contribution in [3.8, 4) is 0 Å². The first-order chi connectivity index (χ1) is 22.8. The number of para-hydroxylation sites is 1. The van der Waals surface area contributed by atoms with Crippen LogP contribution in [0.2, 0.25) is 5.02 Å². The van der Waals surface area contributed by atoms with Crippen LogP contribution in [0.4, 0.5) is 11.4 Å². The highest BCUT2D eigenvalue weighted by Crippen LogP contribution is 2.37. The van der Waals surface area contributed by atoms with Crippen molar-refractivity contribution in [2.75, 3.05) is 10.6 Å². The number of halogens is 1. The molecule has 0 bridgehead atoms. The Morgan fingerprint density at radius 2 is 1.43 bits per heavy atom. The predicted molar refractivity (Wildman–Crippen MR) is 193 cm³/mol. The van der Waals surface area contributed by atoms with Gasteiger partial charge in [-0.15, -0.1) is 11.8 Å². The van der Waals surface area contributed by atoms with Crippen LogP contribution >= 0.6 is 23.4 Å². The van der Waals surface area contributed by atoms with E-state index < -0.39 is 17.1 Å². The monoisotopic (exact) mass is 659 g/mol. The lowest BCUT2D eigenvalue weighted by Crippen LogP contribution is -2.30. The van der Waals surface area contributed by atoms with Crippen molar-refractivity contribution in [1.29, 1.82) is 0 Å². The smallest absolute Gasteiger partial charge is 0.272 e. The number of nitrogens with one attached hydrogen (secondary N) is 3. The Morgan fingerprint density at radius 1 is 0.766 bits per heavy atom. The van der Waals surface area contributed by atoms with E-state index in [1.165, 1.54) is 11.8 Å². The number of hydrogen-bond donors (Lipinski definition) is 3. The fourth-order valence-corrected chi connectivity index (χ4v) is 6.06. The molecule has 3 amide bonds. The summed E-state index contributed by atoms with van der Waals surface area (Å²) >= 11 is 7.47. The first-order valence-corrected chi connectivity index (χ1v) is 16.4. The van der Waals surface area contributed by atoms with Crippen LogP contribution in [0.1, 0.15) is 44.8 Å². The van der Waals surface area contributed by atoms with E-state index in [9.17, 15) is 14.4 Å². The Balaban J connectivity index is 1.34. The molecule has 0 radical (unpaired) electrons. The highest BCUT2D eigenvalue weighted by atomic mass is 35.5. The van der Waals surface area contributed by atoms with E-state index in [0.717, 1.165) is 33.7 Å². The summed E-state index contributed by atoms with van der Waals surface area (Å²) in [5.74, 6) is -1.01. The number of amides is 3. The van der Waals surface area contributed by atoms with Gasteiger partial charge in [-0.25, -0.2) is 0 Å². The van der Waals surface area contributed by atoms with Crippen molar-refractivity contribution in [3.63, 3.8) is 0 Å². The molecule has 0 aliphatic carbocycles. The van der Waals surface area contributed by atoms with Gasteiger partial charge in [-0.1, -0.05) is 97.4 Å². The Kier molecular flexibility index (Phi) is 11.3. The second-order valence-corrected chi connectivity index (χ2v) is 12.4. The molecule has 0 saturated carbocycles. The molecule has 8 heteroatoms. The molecular weight excluding hydrogens is 626 g/mol. The summed E-state index contributed by atoms with van der Waals surface area (Å²) < 4.78 is 0. The molecule has 6 nitrogen and oxygen atoms in total. The first kappa shape index (κ1) is 33.3. The summed E-state index contributed by atoms with van der Waals surface area (Å²) in [6.45, 7) is 4.07. The average Bonchev–Trinajstić information content (AvgIpc) is 3.10. The number of aryl methyl sites for hydroxylation is 2. The van der Waals surface area contributed by atoms with Gasteiger partial charge < -0.3 is 16.0 Å². The lowest BCUT2D eigenvalue weighted by molar-refractivity contribution is -0.116. The lowest BCUT2D eigenvalue weighted by Gasteiger charge is -2.20. The minimum absolute atomic E-state index is 0.0723. The first-order valence-electron chi connectivity index (χ1n) is 15.2. The number of benzene rings is 5. The molecule has 0 spiro atoms. The zero-order chi connectivity index (χ0) is 33.2. The van der Waals surface area contributed by atoms with Gasteiger partial charge in [-0.2, -0.15) is 0 Å². The molecule has 0 fully saturated rings. The number of rotatable bonds is 11. The SMILES string of the molecule is CCc1cccc(C)c1NC(=O)C(Sc1ccc(NC(=O)/C(=C/c2ccc(Cl)cc2)NC(=O)c2ccccc2)cc1)c1ccccc1. The van der Waals surface area contributed by atoms with Crippen molar-refractivity contribution in [2.45, 2.75) is 30.4 Å². The molecule has 0 saturated heterocycles. The molecule has 1 unspecified atom stereocenters. The van der Waals surface area contributed by atoms with E-state index in [4.69, 9.17) is 11.6 Å². The van der Waals surface area contributed by atoms with Crippen LogP contribution < -0.4 is 16.0 Å². The second kappa shape index (κ2) is 15.9. The van der Waals surface area contributed by atoms with E-state index in [1.54, 1.807) is 66.7 Å². The van der Waals surface area contributed by atoms with Crippen LogP contribution in [0.25, 0.3) is 6.08 Å². The van der Waals surface area contributed by atoms with E-state index in [-0.39, 0.29) is 11.6 Å². The molecular formula is C39H34ClN3O3S. The highest BCUT2D eigenvalue weighted by Gasteiger charge is 2.24. The molecule has 5 aromatic carbocycles. The van der Waals surface area contributed by atoms with Crippen LogP contribution in [0.5, 0.6) is 0 Å². The standard InChI is InChI=1S/C39H34ClN3O3S/c1-3-28-16-10-11-26(2)35(28)43-39(46)36(29-12-6-4-7-13-29)47-33-23-21-32(22-24-33)41-38(45)34(25-27-17-19-31(40)20-18-27)42-37(44)30-14-8-5-9-15-30/h4-25,36H,3H2,1-2H3,(H,41,45)(H,42,44)(H,43,46)/b34-25-. The number of thioether (sulfide) groups is 1. The normalized spacial score (nSPS) is 11.8. The van der Waals surface area contributed by atoms with Crippen LogP contribution in [0.15, 0.2) is 138 Å². The van der Waals surface area contributed by atoms with Gasteiger partial charge in [0.25, 0.3) is 11.8 Å². The van der Waals surface area contributed by atoms with Crippen LogP contribution in [-0.2, 0) is 16.0 Å². The molecule has 3 N–H and O–H groups in total. The van der Waals surface area contributed by atoms with Gasteiger partial charge in [0.15, 0.2) is 0 Å². The van der Waals surface area contributed by atoms with Gasteiger partial charge in [-0.3, -0.25) is 14.4 Å². The predicted octanol–water partition coefficient (Wildman–Crippen LogP) is 9.09. The summed E-state index contributed by atoms with van der Waals surface area (Å²) in [4.78, 5) is 41.0. The zero-order valence-electron chi connectivity index (χ0n) is 26.0. The molecule has 236 valence electrons. The number of carbonyl (C=O) groups is 3. The third kappa shape index (κ3) is 9.00. The van der Waals surface area contributed by atoms with E-state index >= 15 is 0 Å². The van der Waals surface area contributed by atoms with Gasteiger partial charge in [0.2, 0.25) is 5.91 Å². The molecule has 47 heavy (non-hydrogen) atoms. The number of hydrogen-bond acceptors (Lipinski definition) is 4. The van der Waals surface area contributed by atoms with Gasteiger partial charge in [0, 0.05) is 26.9 Å².